The molecule has 0 fully saturated rings. The number of rotatable bonds is 38. The van der Waals surface area contributed by atoms with Gasteiger partial charge in [-0.2, -0.15) is 0 Å². The van der Waals surface area contributed by atoms with Gasteiger partial charge in [-0.05, 0) is 12.8 Å². The Balaban J connectivity index is 3.46. The fraction of sp³-hybridized carbons (Fsp3) is 0.976. The summed E-state index contributed by atoms with van der Waals surface area (Å²) in [6.07, 6.45) is 44.6. The average molecular weight is 638 g/mol. The summed E-state index contributed by atoms with van der Waals surface area (Å²) >= 11 is 0. The van der Waals surface area contributed by atoms with E-state index in [1.54, 1.807) is 0 Å². The van der Waals surface area contributed by atoms with Crippen molar-refractivity contribution < 1.29 is 15.0 Å². The van der Waals surface area contributed by atoms with Crippen LogP contribution in [0.2, 0.25) is 0 Å². The molecule has 0 aromatic heterocycles. The molecule has 0 saturated heterocycles. The molecule has 0 aliphatic carbocycles. The van der Waals surface area contributed by atoms with Gasteiger partial charge in [-0.1, -0.05) is 219 Å². The van der Waals surface area contributed by atoms with E-state index in [1.807, 2.05) is 0 Å². The van der Waals surface area contributed by atoms with Crippen molar-refractivity contribution in [2.45, 2.75) is 251 Å². The second-order valence-corrected chi connectivity index (χ2v) is 14.4. The molecule has 2 unspecified atom stereocenters. The number of hydrogen-bond donors (Lipinski definition) is 3. The van der Waals surface area contributed by atoms with E-state index in [-0.39, 0.29) is 12.5 Å². The van der Waals surface area contributed by atoms with E-state index >= 15 is 0 Å². The summed E-state index contributed by atoms with van der Waals surface area (Å²) in [5.74, 6) is -0.0287. The standard InChI is InChI=1S/C41H83NO3/c1-3-5-7-9-11-13-15-17-18-19-20-21-22-23-24-25-26-28-30-32-34-36-40(44)39(38-43)42-41(45)37-35-33-31-29-27-16-14-12-10-8-6-4-2/h39-40,43-44H,3-38H2,1-2H3,(H,42,45). The third kappa shape index (κ3) is 34.5. The molecule has 0 aliphatic rings. The smallest absolute Gasteiger partial charge is 0.220 e. The van der Waals surface area contributed by atoms with Gasteiger partial charge in [0.1, 0.15) is 0 Å². The third-order valence-corrected chi connectivity index (χ3v) is 9.87. The van der Waals surface area contributed by atoms with Crippen molar-refractivity contribution in [1.82, 2.24) is 5.32 Å². The largest absolute Gasteiger partial charge is 0.394 e. The van der Waals surface area contributed by atoms with Crippen LogP contribution in [0.1, 0.15) is 239 Å². The van der Waals surface area contributed by atoms with Crippen molar-refractivity contribution in [2.75, 3.05) is 6.61 Å². The molecule has 0 saturated carbocycles. The zero-order valence-corrected chi connectivity index (χ0v) is 30.9. The Morgan fingerprint density at radius 1 is 0.444 bits per heavy atom. The zero-order chi connectivity index (χ0) is 32.9. The minimum Gasteiger partial charge on any atom is -0.394 e. The molecular formula is C41H83NO3. The Morgan fingerprint density at radius 3 is 1.00 bits per heavy atom. The fourth-order valence-corrected chi connectivity index (χ4v) is 6.66. The Hall–Kier alpha value is -0.610. The van der Waals surface area contributed by atoms with Crippen LogP contribution in [-0.2, 0) is 4.79 Å². The number of aliphatic hydroxyl groups is 2. The van der Waals surface area contributed by atoms with Gasteiger partial charge in [0, 0.05) is 6.42 Å². The molecule has 270 valence electrons. The summed E-state index contributed by atoms with van der Waals surface area (Å²) in [7, 11) is 0. The first-order chi connectivity index (χ1) is 22.2. The molecule has 3 N–H and O–H groups in total. The monoisotopic (exact) mass is 638 g/mol. The maximum absolute atomic E-state index is 12.3. The van der Waals surface area contributed by atoms with Gasteiger partial charge in [0.2, 0.25) is 5.91 Å². The molecule has 0 heterocycles. The molecule has 4 heteroatoms. The lowest BCUT2D eigenvalue weighted by Crippen LogP contribution is -2.45. The third-order valence-electron chi connectivity index (χ3n) is 9.87. The number of carbonyl (C=O) groups is 1. The summed E-state index contributed by atoms with van der Waals surface area (Å²) in [6, 6.07) is -0.528. The van der Waals surface area contributed by atoms with E-state index in [0.29, 0.717) is 12.8 Å². The molecule has 0 bridgehead atoms. The lowest BCUT2D eigenvalue weighted by Gasteiger charge is -2.22. The molecule has 0 aromatic rings. The topological polar surface area (TPSA) is 69.6 Å². The highest BCUT2D eigenvalue weighted by molar-refractivity contribution is 5.76. The highest BCUT2D eigenvalue weighted by Crippen LogP contribution is 2.16. The van der Waals surface area contributed by atoms with Gasteiger partial charge in [-0.25, -0.2) is 0 Å². The molecule has 4 nitrogen and oxygen atoms in total. The van der Waals surface area contributed by atoms with Crippen LogP contribution in [0.4, 0.5) is 0 Å². The minimum atomic E-state index is -0.652. The summed E-state index contributed by atoms with van der Waals surface area (Å²) < 4.78 is 0. The molecule has 45 heavy (non-hydrogen) atoms. The number of carbonyl (C=O) groups excluding carboxylic acids is 1. The lowest BCUT2D eigenvalue weighted by atomic mass is 10.0. The van der Waals surface area contributed by atoms with Gasteiger partial charge in [0.05, 0.1) is 18.8 Å². The summed E-state index contributed by atoms with van der Waals surface area (Å²) in [6.45, 7) is 4.37. The minimum absolute atomic E-state index is 0.0287. The van der Waals surface area contributed by atoms with Crippen molar-refractivity contribution in [3.8, 4) is 0 Å². The fourth-order valence-electron chi connectivity index (χ4n) is 6.66. The molecule has 2 atom stereocenters. The quantitative estimate of drug-likeness (QED) is 0.0590. The molecule has 0 spiro atoms. The van der Waals surface area contributed by atoms with E-state index in [2.05, 4.69) is 19.2 Å². The van der Waals surface area contributed by atoms with Crippen LogP contribution in [0.15, 0.2) is 0 Å². The second kappa shape index (κ2) is 37.8. The molecular weight excluding hydrogens is 554 g/mol. The average Bonchev–Trinajstić information content (AvgIpc) is 3.04. The first-order valence-corrected chi connectivity index (χ1v) is 20.7. The van der Waals surface area contributed by atoms with Crippen molar-refractivity contribution >= 4 is 5.91 Å². The predicted octanol–water partition coefficient (Wildman–Crippen LogP) is 12.5. The lowest BCUT2D eigenvalue weighted by molar-refractivity contribution is -0.123. The highest BCUT2D eigenvalue weighted by Gasteiger charge is 2.20. The first-order valence-electron chi connectivity index (χ1n) is 20.7. The molecule has 0 aliphatic heterocycles. The van der Waals surface area contributed by atoms with E-state index < -0.39 is 12.1 Å². The van der Waals surface area contributed by atoms with Crippen LogP contribution in [0, 0.1) is 0 Å². The number of nitrogens with one attached hydrogen (secondary N) is 1. The van der Waals surface area contributed by atoms with E-state index in [9.17, 15) is 15.0 Å². The maximum Gasteiger partial charge on any atom is 0.220 e. The highest BCUT2D eigenvalue weighted by atomic mass is 16.3. The Morgan fingerprint density at radius 2 is 0.711 bits per heavy atom. The van der Waals surface area contributed by atoms with E-state index in [1.165, 1.54) is 186 Å². The molecule has 1 amide bonds. The van der Waals surface area contributed by atoms with Crippen molar-refractivity contribution in [2.24, 2.45) is 0 Å². The SMILES string of the molecule is CCCCCCCCCCCCCCCCCCCCCCCC(O)C(CO)NC(=O)CCCCCCCCCCCCCC. The van der Waals surface area contributed by atoms with Crippen LogP contribution in [0.3, 0.4) is 0 Å². The van der Waals surface area contributed by atoms with Gasteiger partial charge >= 0.3 is 0 Å². The summed E-state index contributed by atoms with van der Waals surface area (Å²) in [4.78, 5) is 12.3. The van der Waals surface area contributed by atoms with Gasteiger partial charge in [0.25, 0.3) is 0 Å². The van der Waals surface area contributed by atoms with E-state index in [4.69, 9.17) is 0 Å². The van der Waals surface area contributed by atoms with Crippen molar-refractivity contribution in [3.63, 3.8) is 0 Å². The number of unbranched alkanes of at least 4 members (excludes halogenated alkanes) is 31. The van der Waals surface area contributed by atoms with Gasteiger partial charge in [-0.15, -0.1) is 0 Å². The molecule has 0 aromatic carbocycles. The molecule has 0 radical (unpaired) electrons. The summed E-state index contributed by atoms with van der Waals surface area (Å²) in [5.41, 5.74) is 0. The number of aliphatic hydroxyl groups excluding tert-OH is 2. The van der Waals surface area contributed by atoms with Crippen LogP contribution in [0.5, 0.6) is 0 Å². The van der Waals surface area contributed by atoms with Gasteiger partial charge in [0.15, 0.2) is 0 Å². The van der Waals surface area contributed by atoms with Gasteiger partial charge < -0.3 is 15.5 Å². The Kier molecular flexibility index (Phi) is 37.3. The van der Waals surface area contributed by atoms with Crippen molar-refractivity contribution in [1.29, 1.82) is 0 Å². The second-order valence-electron chi connectivity index (χ2n) is 14.4. The number of amides is 1. The predicted molar refractivity (Wildman–Crippen MR) is 198 cm³/mol. The van der Waals surface area contributed by atoms with E-state index in [0.717, 1.165) is 25.7 Å². The normalized spacial score (nSPS) is 12.9. The Labute approximate surface area is 283 Å². The van der Waals surface area contributed by atoms with Gasteiger partial charge in [-0.3, -0.25) is 4.79 Å². The number of hydrogen-bond acceptors (Lipinski definition) is 3. The summed E-state index contributed by atoms with van der Waals surface area (Å²) in [5, 5.41) is 23.1. The zero-order valence-electron chi connectivity index (χ0n) is 30.9. The van der Waals surface area contributed by atoms with Crippen molar-refractivity contribution in [3.05, 3.63) is 0 Å². The Bertz CT molecular complexity index is 569. The van der Waals surface area contributed by atoms with Crippen LogP contribution < -0.4 is 5.32 Å². The maximum atomic E-state index is 12.3. The molecule has 0 rings (SSSR count). The van der Waals surface area contributed by atoms with Crippen LogP contribution in [-0.4, -0.2) is 34.9 Å². The van der Waals surface area contributed by atoms with Crippen LogP contribution >= 0.6 is 0 Å². The van der Waals surface area contributed by atoms with Crippen LogP contribution in [0.25, 0.3) is 0 Å². The first kappa shape index (κ1) is 44.4.